The van der Waals surface area contributed by atoms with Crippen molar-refractivity contribution in [1.29, 1.82) is 0 Å². The molecule has 2 aromatic carbocycles. The van der Waals surface area contributed by atoms with Gasteiger partial charge in [-0.05, 0) is 24.7 Å². The topological polar surface area (TPSA) is 0 Å². The number of hydrogen-bond donors (Lipinski definition) is 0. The Morgan fingerprint density at radius 1 is 0.656 bits per heavy atom. The molecular weight excluding hydrogens is 510 g/mol. The smallest absolute Gasteiger partial charge is 1.00 e. The van der Waals surface area contributed by atoms with E-state index in [1.54, 1.807) is 0 Å². The van der Waals surface area contributed by atoms with Crippen molar-refractivity contribution in [3.8, 4) is 0 Å². The maximum atomic E-state index is 3.34. The Labute approximate surface area is 224 Å². The molecule has 0 heterocycles. The molecule has 0 fully saturated rings. The van der Waals surface area contributed by atoms with E-state index in [4.69, 9.17) is 0 Å². The van der Waals surface area contributed by atoms with Crippen LogP contribution >= 0.6 is 0 Å². The van der Waals surface area contributed by atoms with E-state index < -0.39 is 0 Å². The van der Waals surface area contributed by atoms with Crippen molar-refractivity contribution in [2.24, 2.45) is 0 Å². The number of rotatable bonds is 0. The largest absolute Gasteiger partial charge is 1.00 e. The van der Waals surface area contributed by atoms with Crippen LogP contribution in [0.2, 0.25) is 0 Å². The summed E-state index contributed by atoms with van der Waals surface area (Å²) in [6.07, 6.45) is 12.9. The van der Waals surface area contributed by atoms with Gasteiger partial charge in [0.2, 0.25) is 0 Å². The van der Waals surface area contributed by atoms with Gasteiger partial charge in [0.1, 0.15) is 0 Å². The molecule has 0 unspecified atom stereocenters. The molecule has 32 heavy (non-hydrogen) atoms. The first-order valence-electron chi connectivity index (χ1n) is 10.7. The zero-order valence-electron chi connectivity index (χ0n) is 20.8. The number of fused-ring (bicyclic) bond motifs is 2. The van der Waals surface area contributed by atoms with Gasteiger partial charge in [-0.1, -0.05) is 76.9 Å². The minimum Gasteiger partial charge on any atom is -1.00 e. The first-order chi connectivity index (χ1) is 14.0. The third kappa shape index (κ3) is 7.12. The van der Waals surface area contributed by atoms with Crippen LogP contribution in [0.25, 0.3) is 12.2 Å². The molecule has 0 spiro atoms. The summed E-state index contributed by atoms with van der Waals surface area (Å²) in [5, 5.41) is 0. The van der Waals surface area contributed by atoms with E-state index in [0.717, 1.165) is 12.8 Å². The summed E-state index contributed by atoms with van der Waals surface area (Å²) < 4.78 is 3.34. The number of aryl methyl sites for hydroxylation is 2. The summed E-state index contributed by atoms with van der Waals surface area (Å²) in [5.41, 5.74) is 11.9. The fraction of sp³-hybridized carbons (Fsp3) is 0.414. The summed E-state index contributed by atoms with van der Waals surface area (Å²) in [6, 6.07) is 9.00. The van der Waals surface area contributed by atoms with Crippen LogP contribution in [-0.2, 0) is 47.9 Å². The first-order valence-corrected chi connectivity index (χ1v) is 12.5. The summed E-state index contributed by atoms with van der Waals surface area (Å²) in [4.78, 5) is 0. The van der Waals surface area contributed by atoms with Crippen molar-refractivity contribution in [3.63, 3.8) is 0 Å². The third-order valence-electron chi connectivity index (χ3n) is 5.85. The minimum atomic E-state index is 0. The molecule has 0 nitrogen and oxygen atoms in total. The van der Waals surface area contributed by atoms with Crippen LogP contribution in [0.3, 0.4) is 0 Å². The van der Waals surface area contributed by atoms with Crippen LogP contribution in [0, 0.1) is 26.0 Å². The minimum absolute atomic E-state index is 0. The maximum absolute atomic E-state index is 3.34. The van der Waals surface area contributed by atoms with Gasteiger partial charge in [-0.25, -0.2) is 12.2 Å². The number of halogens is 2. The second-order valence-corrected chi connectivity index (χ2v) is 10.2. The Morgan fingerprint density at radius 2 is 0.969 bits per heavy atom. The summed E-state index contributed by atoms with van der Waals surface area (Å²) in [6.45, 7) is 18.0. The van der Waals surface area contributed by atoms with E-state index >= 15 is 0 Å². The van der Waals surface area contributed by atoms with Gasteiger partial charge in [0.25, 0.3) is 0 Å². The van der Waals surface area contributed by atoms with Gasteiger partial charge in [0.15, 0.2) is 0 Å². The van der Waals surface area contributed by atoms with Gasteiger partial charge in [-0.2, -0.15) is 11.1 Å². The van der Waals surface area contributed by atoms with Gasteiger partial charge < -0.3 is 24.8 Å². The van der Waals surface area contributed by atoms with Crippen LogP contribution in [0.5, 0.6) is 0 Å². The van der Waals surface area contributed by atoms with E-state index in [1.165, 1.54) is 68.7 Å². The normalized spacial score (nSPS) is 12.9. The maximum Gasteiger partial charge on any atom is -1.00 e. The molecule has 2 aliphatic rings. The van der Waals surface area contributed by atoms with E-state index in [1.807, 2.05) is 0 Å². The van der Waals surface area contributed by atoms with Gasteiger partial charge in [0.05, 0.1) is 0 Å². The second-order valence-electron chi connectivity index (χ2n) is 10.2. The predicted molar refractivity (Wildman–Crippen MR) is 130 cm³/mol. The quantitative estimate of drug-likeness (QED) is 0.438. The van der Waals surface area contributed by atoms with Crippen LogP contribution in [-0.4, -0.2) is 4.21 Å². The average Bonchev–Trinajstić information content (AvgIpc) is 3.33. The van der Waals surface area contributed by atoms with Crippen molar-refractivity contribution in [1.82, 2.24) is 0 Å². The summed E-state index contributed by atoms with van der Waals surface area (Å²) >= 11 is 1.30. The average molecular weight is 547 g/mol. The number of allylic oxidation sites excluding steroid dienone is 2. The molecule has 2 aliphatic carbocycles. The molecule has 172 valence electrons. The number of hydrogen-bond acceptors (Lipinski definition) is 0. The Bertz CT molecular complexity index is 891. The number of benzene rings is 2. The van der Waals surface area contributed by atoms with Crippen LogP contribution in [0.1, 0.15) is 86.1 Å². The van der Waals surface area contributed by atoms with Gasteiger partial charge in [-0.15, -0.1) is 35.1 Å². The van der Waals surface area contributed by atoms with Crippen LogP contribution < -0.4 is 24.8 Å². The zero-order chi connectivity index (χ0) is 22.7. The van der Waals surface area contributed by atoms with Crippen LogP contribution in [0.4, 0.5) is 0 Å². The SMILES string of the molecule is Cc1ccc(C(C)(C)C)c2c1C[C-]=C2.Cc1ccc(C(C)(C)C)c2c1C[C-]=C2.[CH2]=[Zr+2].[Cl-].[Cl-]. The van der Waals surface area contributed by atoms with Crippen LogP contribution in [0.15, 0.2) is 24.3 Å². The molecule has 0 saturated heterocycles. The standard InChI is InChI=1S/2C14H17.CH2.2ClH.Zr/c2*1-10-8-9-13(14(2,3)4)12-7-5-6-11(10)12;;;;/h2*7-9H,6H2,1-4H3;1H2;2*1H;/q2*-1;;;;+2/p-2. The molecule has 0 saturated carbocycles. The van der Waals surface area contributed by atoms with Gasteiger partial charge in [0, 0.05) is 0 Å². The third-order valence-corrected chi connectivity index (χ3v) is 5.85. The Balaban J connectivity index is 0.000000527. The van der Waals surface area contributed by atoms with E-state index in [9.17, 15) is 0 Å². The Morgan fingerprint density at radius 3 is 1.25 bits per heavy atom. The fourth-order valence-electron chi connectivity index (χ4n) is 4.16. The van der Waals surface area contributed by atoms with Crippen molar-refractivity contribution in [2.45, 2.75) is 79.1 Å². The van der Waals surface area contributed by atoms with Gasteiger partial charge >= 0.3 is 28.4 Å². The van der Waals surface area contributed by atoms with Gasteiger partial charge in [-0.3, -0.25) is 12.2 Å². The fourth-order valence-corrected chi connectivity index (χ4v) is 4.16. The van der Waals surface area contributed by atoms with E-state index in [2.05, 4.69) is 108 Å². The Kier molecular flexibility index (Phi) is 12.3. The van der Waals surface area contributed by atoms with E-state index in [-0.39, 0.29) is 35.6 Å². The molecule has 0 amide bonds. The molecule has 0 atom stereocenters. The Hall–Kier alpha value is -0.747. The molecular formula is C29H36Cl2Zr-2. The van der Waals surface area contributed by atoms with E-state index in [0.29, 0.717) is 0 Å². The first kappa shape index (κ1) is 31.3. The van der Waals surface area contributed by atoms with Crippen molar-refractivity contribution < 1.29 is 49.0 Å². The molecule has 0 aromatic heterocycles. The molecule has 0 radical (unpaired) electrons. The molecule has 2 aromatic rings. The van der Waals surface area contributed by atoms with Crippen molar-refractivity contribution in [3.05, 3.63) is 80.9 Å². The molecule has 3 heteroatoms. The van der Waals surface area contributed by atoms with Crippen molar-refractivity contribution in [2.75, 3.05) is 0 Å². The summed E-state index contributed by atoms with van der Waals surface area (Å²) in [7, 11) is 0. The zero-order valence-corrected chi connectivity index (χ0v) is 24.8. The second kappa shape index (κ2) is 12.6. The predicted octanol–water partition coefficient (Wildman–Crippen LogP) is 1.30. The van der Waals surface area contributed by atoms with Crippen molar-refractivity contribution >= 4 is 16.4 Å². The molecule has 0 bridgehead atoms. The summed E-state index contributed by atoms with van der Waals surface area (Å²) in [5.74, 6) is 0. The monoisotopic (exact) mass is 544 g/mol. The molecule has 0 aliphatic heterocycles. The molecule has 4 rings (SSSR count). The molecule has 0 N–H and O–H groups in total.